The van der Waals surface area contributed by atoms with Crippen molar-refractivity contribution in [2.24, 2.45) is 5.14 Å². The lowest BCUT2D eigenvalue weighted by Crippen LogP contribution is -2.41. The molecule has 1 amide bonds. The minimum atomic E-state index is -4.09. The number of sulfonamides is 1. The number of sulfone groups is 1. The molecule has 1 unspecified atom stereocenters. The quantitative estimate of drug-likeness (QED) is 0.301. The molecule has 1 aromatic rings. The van der Waals surface area contributed by atoms with Gasteiger partial charge < -0.3 is 9.74 Å². The van der Waals surface area contributed by atoms with E-state index >= 15 is 0 Å². The largest absolute Gasteiger partial charge is 0.335 e. The van der Waals surface area contributed by atoms with Gasteiger partial charge in [-0.25, -0.2) is 22.0 Å². The summed E-state index contributed by atoms with van der Waals surface area (Å²) in [7, 11) is -7.81. The number of rotatable bonds is 9. The van der Waals surface area contributed by atoms with Crippen LogP contribution < -0.4 is 5.14 Å². The molecule has 0 saturated carbocycles. The molecule has 2 N–H and O–H groups in total. The predicted molar refractivity (Wildman–Crippen MR) is 107 cm³/mol. The molecule has 164 valence electrons. The van der Waals surface area contributed by atoms with E-state index in [2.05, 4.69) is 4.84 Å². The Balaban J connectivity index is 2.27. The van der Waals surface area contributed by atoms with Gasteiger partial charge in [0.25, 0.3) is 5.09 Å². The summed E-state index contributed by atoms with van der Waals surface area (Å²) in [6, 6.07) is 0.626. The van der Waals surface area contributed by atoms with Crippen molar-refractivity contribution in [3.63, 3.8) is 0 Å². The Kier molecular flexibility index (Phi) is 7.53. The van der Waals surface area contributed by atoms with E-state index in [1.165, 1.54) is 17.9 Å². The second-order valence-electron chi connectivity index (χ2n) is 6.25. The highest BCUT2D eigenvalue weighted by atomic mass is 32.3. The number of carbonyl (C=O) groups is 1. The number of hydrogen-bond donors (Lipinski definition) is 1. The first-order valence-corrected chi connectivity index (χ1v) is 13.5. The lowest BCUT2D eigenvalue weighted by atomic mass is 10.0. The van der Waals surface area contributed by atoms with Crippen LogP contribution in [0.1, 0.15) is 31.9 Å². The van der Waals surface area contributed by atoms with Crippen LogP contribution in [0.5, 0.6) is 0 Å². The Hall–Kier alpha value is -1.42. The van der Waals surface area contributed by atoms with Crippen molar-refractivity contribution in [1.82, 2.24) is 4.90 Å². The maximum Gasteiger partial charge on any atom is 0.294 e. The van der Waals surface area contributed by atoms with Crippen LogP contribution in [-0.2, 0) is 29.5 Å². The van der Waals surface area contributed by atoms with Crippen LogP contribution in [0.4, 0.5) is 0 Å². The minimum Gasteiger partial charge on any atom is -0.335 e. The third-order valence-electron chi connectivity index (χ3n) is 4.37. The lowest BCUT2D eigenvalue weighted by molar-refractivity contribution is -0.756. The van der Waals surface area contributed by atoms with E-state index < -0.39 is 36.2 Å². The highest BCUT2D eigenvalue weighted by molar-refractivity contribution is 8.00. The van der Waals surface area contributed by atoms with Crippen molar-refractivity contribution in [2.75, 3.05) is 24.7 Å². The molecule has 11 nitrogen and oxygen atoms in total. The molecule has 0 aliphatic carbocycles. The van der Waals surface area contributed by atoms with E-state index in [0.717, 1.165) is 11.8 Å². The summed E-state index contributed by atoms with van der Waals surface area (Å²) >= 11 is 1.75. The van der Waals surface area contributed by atoms with E-state index in [9.17, 15) is 31.7 Å². The van der Waals surface area contributed by atoms with E-state index in [-0.39, 0.29) is 51.0 Å². The Morgan fingerprint density at radius 3 is 2.72 bits per heavy atom. The van der Waals surface area contributed by atoms with E-state index in [0.29, 0.717) is 11.3 Å². The van der Waals surface area contributed by atoms with Crippen molar-refractivity contribution in [2.45, 2.75) is 40.0 Å². The molecule has 2 rings (SSSR count). The second-order valence-corrected chi connectivity index (χ2v) is 12.8. The zero-order chi connectivity index (χ0) is 22.0. The number of fused-ring (bicyclic) bond motifs is 1. The monoisotopic (exact) mass is 487 g/mol. The summed E-state index contributed by atoms with van der Waals surface area (Å²) < 4.78 is 48.4. The number of hydrogen-bond acceptors (Lipinski definition) is 10. The zero-order valence-electron chi connectivity index (χ0n) is 15.6. The van der Waals surface area contributed by atoms with Crippen molar-refractivity contribution in [3.8, 4) is 0 Å². The molecule has 15 heteroatoms. The van der Waals surface area contributed by atoms with Crippen molar-refractivity contribution in [3.05, 3.63) is 21.7 Å². The fourth-order valence-corrected chi connectivity index (χ4v) is 8.06. The van der Waals surface area contributed by atoms with Gasteiger partial charge in [-0.2, -0.15) is 11.8 Å². The molecule has 0 spiro atoms. The van der Waals surface area contributed by atoms with Crippen LogP contribution in [0, 0.1) is 10.1 Å². The normalized spacial score (nSPS) is 20.7. The Bertz CT molecular complexity index is 989. The molecule has 0 radical (unpaired) electrons. The summed E-state index contributed by atoms with van der Waals surface area (Å²) in [4.78, 5) is 28.5. The Morgan fingerprint density at radius 2 is 2.17 bits per heavy atom. The van der Waals surface area contributed by atoms with Crippen molar-refractivity contribution in [1.29, 1.82) is 0 Å². The van der Waals surface area contributed by atoms with Gasteiger partial charge in [-0.05, 0) is 26.3 Å². The predicted octanol–water partition coefficient (Wildman–Crippen LogP) is 0.793. The molecule has 1 aromatic heterocycles. The molecule has 0 saturated heterocycles. The van der Waals surface area contributed by atoms with Gasteiger partial charge in [-0.3, -0.25) is 4.79 Å². The number of thiophene rings is 1. The highest BCUT2D eigenvalue weighted by Gasteiger charge is 2.42. The second kappa shape index (κ2) is 9.16. The molecule has 2 heterocycles. The minimum absolute atomic E-state index is 0.0219. The fraction of sp³-hybridized carbons (Fsp3) is 0.643. The Morgan fingerprint density at radius 1 is 1.52 bits per heavy atom. The molecule has 0 fully saturated rings. The van der Waals surface area contributed by atoms with Gasteiger partial charge in [0.1, 0.15) is 15.0 Å². The lowest BCUT2D eigenvalue weighted by Gasteiger charge is -2.36. The number of amides is 1. The molecular formula is C14H21N3O8S4. The molecule has 2 atom stereocenters. The van der Waals surface area contributed by atoms with E-state index in [1.54, 1.807) is 6.92 Å². The summed E-state index contributed by atoms with van der Waals surface area (Å²) in [6.45, 7) is 3.38. The van der Waals surface area contributed by atoms with Crippen molar-refractivity contribution < 1.29 is 31.6 Å². The third-order valence-corrected chi connectivity index (χ3v) is 10.6. The molecule has 0 aromatic carbocycles. The van der Waals surface area contributed by atoms with Gasteiger partial charge in [0, 0.05) is 17.9 Å². The summed E-state index contributed by atoms with van der Waals surface area (Å²) in [5, 5.41) is 13.6. The topological polar surface area (TPSA) is 167 Å². The summed E-state index contributed by atoms with van der Waals surface area (Å²) in [5.41, 5.74) is 0.258. The van der Waals surface area contributed by atoms with Gasteiger partial charge in [-0.1, -0.05) is 0 Å². The van der Waals surface area contributed by atoms with Crippen molar-refractivity contribution >= 4 is 48.9 Å². The third kappa shape index (κ3) is 5.39. The van der Waals surface area contributed by atoms with Crippen LogP contribution in [-0.4, -0.2) is 62.6 Å². The fourth-order valence-electron chi connectivity index (χ4n) is 2.99. The van der Waals surface area contributed by atoms with Crippen LogP contribution in [0.15, 0.2) is 14.5 Å². The molecule has 1 aliphatic heterocycles. The molecular weight excluding hydrogens is 466 g/mol. The summed E-state index contributed by atoms with van der Waals surface area (Å²) in [5.74, 6) is -0.0306. The standard InChI is InChI=1S/C14H21N3O8S4/c1-3-16(12(18)8-26-5-4-25-17(19)20)11-6-9(2)28(21,22)14-10(11)7-13(27-14)29(15,23)24/h7,9,11H,3-6,8H2,1-2H3,(H2,15,23,24)/t9?,11-/m0/s1. The smallest absolute Gasteiger partial charge is 0.294 e. The molecule has 29 heavy (non-hydrogen) atoms. The number of thioether (sulfide) groups is 1. The maximum absolute atomic E-state index is 12.7. The Labute approximate surface area is 176 Å². The first-order chi connectivity index (χ1) is 13.4. The average molecular weight is 488 g/mol. The SMILES string of the molecule is CCN(C(=O)CSCCO[N+](=O)[O-])[C@H]1CC(C)S(=O)(=O)c2sc(S(N)(=O)=O)cc21. The van der Waals surface area contributed by atoms with Crippen LogP contribution >= 0.6 is 23.1 Å². The number of nitrogens with two attached hydrogens (primary N) is 1. The van der Waals surface area contributed by atoms with Gasteiger partial charge in [-0.15, -0.1) is 21.5 Å². The van der Waals surface area contributed by atoms with Gasteiger partial charge in [0.2, 0.25) is 15.9 Å². The van der Waals surface area contributed by atoms with Gasteiger partial charge in [0.15, 0.2) is 9.84 Å². The van der Waals surface area contributed by atoms with Crippen LogP contribution in [0.2, 0.25) is 0 Å². The van der Waals surface area contributed by atoms with Crippen LogP contribution in [0.3, 0.4) is 0 Å². The number of primary sulfonamides is 1. The van der Waals surface area contributed by atoms with E-state index in [1.807, 2.05) is 0 Å². The number of nitrogens with zero attached hydrogens (tertiary/aromatic N) is 2. The average Bonchev–Trinajstić information content (AvgIpc) is 3.06. The first kappa shape index (κ1) is 23.9. The summed E-state index contributed by atoms with van der Waals surface area (Å²) in [6.07, 6.45) is 0.130. The van der Waals surface area contributed by atoms with Crippen LogP contribution in [0.25, 0.3) is 0 Å². The zero-order valence-corrected chi connectivity index (χ0v) is 18.9. The molecule has 1 aliphatic rings. The van der Waals surface area contributed by atoms with E-state index in [4.69, 9.17) is 5.14 Å². The highest BCUT2D eigenvalue weighted by Crippen LogP contribution is 2.45. The number of carbonyl (C=O) groups excluding carboxylic acids is 1. The first-order valence-electron chi connectivity index (χ1n) is 8.44. The maximum atomic E-state index is 12.7. The van der Waals surface area contributed by atoms with Gasteiger partial charge in [0.05, 0.1) is 17.0 Å². The molecule has 0 bridgehead atoms. The van der Waals surface area contributed by atoms with Gasteiger partial charge >= 0.3 is 0 Å².